The number of alkyl halides is 3. The molecule has 0 aliphatic rings. The molecule has 1 atom stereocenters. The number of aromatic hydroxyl groups is 2. The van der Waals surface area contributed by atoms with Gasteiger partial charge in [0.2, 0.25) is 11.8 Å². The predicted octanol–water partition coefficient (Wildman–Crippen LogP) is 1.10. The smallest absolute Gasteiger partial charge is 0.396 e. The molecule has 9 heteroatoms. The maximum Gasteiger partial charge on any atom is 0.396 e. The van der Waals surface area contributed by atoms with E-state index < -0.39 is 41.8 Å². The quantitative estimate of drug-likeness (QED) is 0.796. The van der Waals surface area contributed by atoms with Crippen molar-refractivity contribution < 1.29 is 32.9 Å². The lowest BCUT2D eigenvalue weighted by atomic mass is 9.96. The minimum atomic E-state index is -4.87. The van der Waals surface area contributed by atoms with Gasteiger partial charge in [-0.05, 0) is 0 Å². The van der Waals surface area contributed by atoms with Crippen LogP contribution in [0.25, 0.3) is 0 Å². The van der Waals surface area contributed by atoms with Crippen molar-refractivity contribution >= 4 is 5.97 Å². The highest BCUT2D eigenvalue weighted by Gasteiger charge is 2.45. The molecule has 0 aliphatic heterocycles. The van der Waals surface area contributed by atoms with E-state index in [9.17, 15) is 28.2 Å². The van der Waals surface area contributed by atoms with Crippen LogP contribution in [-0.4, -0.2) is 39.4 Å². The molecule has 0 saturated heterocycles. The highest BCUT2D eigenvalue weighted by atomic mass is 19.4. The highest BCUT2D eigenvalue weighted by molar-refractivity contribution is 5.71. The van der Waals surface area contributed by atoms with Gasteiger partial charge in [-0.15, -0.1) is 0 Å². The first-order chi connectivity index (χ1) is 8.27. The standard InChI is InChI=1S/C9H9F3N2O4/c1-18-5(15)2-4(9(10,11)12)6-7(16)13-3-14-8(6)17/h3-4H,2H2,1H3,(H2,13,14,16,17). The third-order valence-electron chi connectivity index (χ3n) is 2.18. The molecule has 0 saturated carbocycles. The van der Waals surface area contributed by atoms with Crippen molar-refractivity contribution in [1.82, 2.24) is 9.97 Å². The van der Waals surface area contributed by atoms with Gasteiger partial charge in [-0.1, -0.05) is 0 Å². The van der Waals surface area contributed by atoms with Crippen LogP contribution in [0.15, 0.2) is 6.33 Å². The van der Waals surface area contributed by atoms with Crippen molar-refractivity contribution in [2.45, 2.75) is 18.5 Å². The van der Waals surface area contributed by atoms with Crippen molar-refractivity contribution in [1.29, 1.82) is 0 Å². The Bertz CT molecular complexity index is 430. The molecule has 1 aromatic rings. The molecule has 1 aromatic heterocycles. The summed E-state index contributed by atoms with van der Waals surface area (Å²) in [6.07, 6.45) is -5.26. The molecule has 0 aliphatic carbocycles. The van der Waals surface area contributed by atoms with Crippen LogP contribution in [-0.2, 0) is 9.53 Å². The minimum absolute atomic E-state index is 0.694. The van der Waals surface area contributed by atoms with E-state index in [0.29, 0.717) is 6.33 Å². The lowest BCUT2D eigenvalue weighted by Gasteiger charge is -2.20. The molecule has 1 unspecified atom stereocenters. The van der Waals surface area contributed by atoms with Crippen LogP contribution in [0.1, 0.15) is 17.9 Å². The Morgan fingerprint density at radius 1 is 1.39 bits per heavy atom. The van der Waals surface area contributed by atoms with E-state index in [4.69, 9.17) is 0 Å². The van der Waals surface area contributed by atoms with Gasteiger partial charge in [0.25, 0.3) is 0 Å². The van der Waals surface area contributed by atoms with E-state index in [0.717, 1.165) is 7.11 Å². The Morgan fingerprint density at radius 2 is 1.89 bits per heavy atom. The first-order valence-electron chi connectivity index (χ1n) is 4.63. The largest absolute Gasteiger partial charge is 0.493 e. The number of halogens is 3. The Balaban J connectivity index is 3.22. The summed E-state index contributed by atoms with van der Waals surface area (Å²) in [6, 6.07) is 0. The lowest BCUT2D eigenvalue weighted by Crippen LogP contribution is -2.24. The molecule has 0 fully saturated rings. The fraction of sp³-hybridized carbons (Fsp3) is 0.444. The second-order valence-electron chi connectivity index (χ2n) is 3.31. The number of carbonyl (C=O) groups excluding carboxylic acids is 1. The Kier molecular flexibility index (Phi) is 3.94. The van der Waals surface area contributed by atoms with Crippen LogP contribution < -0.4 is 0 Å². The van der Waals surface area contributed by atoms with Crippen LogP contribution in [0.3, 0.4) is 0 Å². The second kappa shape index (κ2) is 5.07. The molecule has 1 heterocycles. The fourth-order valence-corrected chi connectivity index (χ4v) is 1.32. The Hall–Kier alpha value is -2.06. The number of hydrogen-bond acceptors (Lipinski definition) is 6. The molecule has 0 spiro atoms. The molecule has 0 bridgehead atoms. The molecule has 18 heavy (non-hydrogen) atoms. The molecule has 0 aromatic carbocycles. The third kappa shape index (κ3) is 2.99. The van der Waals surface area contributed by atoms with Crippen molar-refractivity contribution in [3.05, 3.63) is 11.9 Å². The predicted molar refractivity (Wildman–Crippen MR) is 50.8 cm³/mol. The second-order valence-corrected chi connectivity index (χ2v) is 3.31. The van der Waals surface area contributed by atoms with E-state index >= 15 is 0 Å². The summed E-state index contributed by atoms with van der Waals surface area (Å²) in [5.41, 5.74) is -0.949. The number of nitrogens with zero attached hydrogens (tertiary/aromatic N) is 2. The van der Waals surface area contributed by atoms with Gasteiger partial charge in [0.15, 0.2) is 0 Å². The van der Waals surface area contributed by atoms with Gasteiger partial charge in [-0.25, -0.2) is 9.97 Å². The van der Waals surface area contributed by atoms with Crippen molar-refractivity contribution in [3.63, 3.8) is 0 Å². The van der Waals surface area contributed by atoms with Crippen molar-refractivity contribution in [2.75, 3.05) is 7.11 Å². The van der Waals surface area contributed by atoms with Crippen LogP contribution in [0.4, 0.5) is 13.2 Å². The maximum atomic E-state index is 12.8. The highest BCUT2D eigenvalue weighted by Crippen LogP contribution is 2.43. The molecule has 6 nitrogen and oxygen atoms in total. The fourth-order valence-electron chi connectivity index (χ4n) is 1.32. The third-order valence-corrected chi connectivity index (χ3v) is 2.18. The number of ether oxygens (including phenoxy) is 1. The van der Waals surface area contributed by atoms with Gasteiger partial charge >= 0.3 is 12.1 Å². The van der Waals surface area contributed by atoms with Crippen molar-refractivity contribution in [2.24, 2.45) is 0 Å². The van der Waals surface area contributed by atoms with E-state index in [1.807, 2.05) is 0 Å². The number of hydrogen-bond donors (Lipinski definition) is 2. The summed E-state index contributed by atoms with van der Waals surface area (Å²) < 4.78 is 42.5. The van der Waals surface area contributed by atoms with Gasteiger partial charge in [0, 0.05) is 0 Å². The molecule has 0 amide bonds. The van der Waals surface area contributed by atoms with E-state index in [2.05, 4.69) is 14.7 Å². The summed E-state index contributed by atoms with van der Waals surface area (Å²) in [5, 5.41) is 18.5. The number of esters is 1. The monoisotopic (exact) mass is 266 g/mol. The molecular weight excluding hydrogens is 257 g/mol. The average molecular weight is 266 g/mol. The lowest BCUT2D eigenvalue weighted by molar-refractivity contribution is -0.165. The maximum absolute atomic E-state index is 12.8. The van der Waals surface area contributed by atoms with Crippen LogP contribution in [0.5, 0.6) is 11.8 Å². The van der Waals surface area contributed by atoms with Crippen molar-refractivity contribution in [3.8, 4) is 11.8 Å². The summed E-state index contributed by atoms with van der Waals surface area (Å²) >= 11 is 0. The first-order valence-corrected chi connectivity index (χ1v) is 4.63. The molecule has 0 radical (unpaired) electrons. The van der Waals surface area contributed by atoms with Gasteiger partial charge in [0.05, 0.1) is 19.1 Å². The Labute approximate surface area is 99.1 Å². The van der Waals surface area contributed by atoms with Gasteiger partial charge in [-0.2, -0.15) is 13.2 Å². The molecule has 2 N–H and O–H groups in total. The summed E-state index contributed by atoms with van der Waals surface area (Å²) in [6.45, 7) is 0. The van der Waals surface area contributed by atoms with Gasteiger partial charge < -0.3 is 14.9 Å². The minimum Gasteiger partial charge on any atom is -0.493 e. The Morgan fingerprint density at radius 3 is 2.28 bits per heavy atom. The number of aromatic nitrogens is 2. The molecular formula is C9H9F3N2O4. The molecule has 100 valence electrons. The normalized spacial score (nSPS) is 13.1. The zero-order chi connectivity index (χ0) is 13.9. The average Bonchev–Trinajstić information content (AvgIpc) is 2.25. The molecule has 1 rings (SSSR count). The summed E-state index contributed by atoms with van der Waals surface area (Å²) in [4.78, 5) is 17.2. The van der Waals surface area contributed by atoms with Gasteiger partial charge in [0.1, 0.15) is 12.2 Å². The summed E-state index contributed by atoms with van der Waals surface area (Å²) in [5.74, 6) is -5.64. The van der Waals surface area contributed by atoms with E-state index in [1.54, 1.807) is 0 Å². The topological polar surface area (TPSA) is 92.5 Å². The van der Waals surface area contributed by atoms with Crippen LogP contribution in [0.2, 0.25) is 0 Å². The van der Waals surface area contributed by atoms with Crippen LogP contribution in [0, 0.1) is 0 Å². The van der Waals surface area contributed by atoms with Gasteiger partial charge in [-0.3, -0.25) is 4.79 Å². The summed E-state index contributed by atoms with van der Waals surface area (Å²) in [7, 11) is 0.928. The zero-order valence-corrected chi connectivity index (χ0v) is 9.10. The van der Waals surface area contributed by atoms with E-state index in [-0.39, 0.29) is 0 Å². The number of carbonyl (C=O) groups is 1. The number of methoxy groups -OCH3 is 1. The van der Waals surface area contributed by atoms with E-state index in [1.165, 1.54) is 0 Å². The number of rotatable bonds is 3. The first kappa shape index (κ1) is 14.0. The zero-order valence-electron chi connectivity index (χ0n) is 9.10. The SMILES string of the molecule is COC(=O)CC(c1c(O)ncnc1O)C(F)(F)F. The van der Waals surface area contributed by atoms with Crippen LogP contribution >= 0.6 is 0 Å².